The van der Waals surface area contributed by atoms with Crippen molar-refractivity contribution in [2.45, 2.75) is 0 Å². The lowest BCUT2D eigenvalue weighted by Crippen LogP contribution is -2.53. The molecular weight excluding hydrogens is 286 g/mol. The van der Waals surface area contributed by atoms with Crippen molar-refractivity contribution in [2.24, 2.45) is 5.92 Å². The Balaban J connectivity index is 1.61. The lowest BCUT2D eigenvalue weighted by atomic mass is 10.1. The molecule has 0 aliphatic carbocycles. The van der Waals surface area contributed by atoms with Crippen LogP contribution in [0.15, 0.2) is 18.5 Å². The number of hydrogen-bond acceptors (Lipinski definition) is 6. The number of anilines is 1. The van der Waals surface area contributed by atoms with Gasteiger partial charge in [0.1, 0.15) is 0 Å². The molecule has 0 saturated carbocycles. The average Bonchev–Trinajstić information content (AvgIpc) is 2.52. The first-order valence-corrected chi connectivity index (χ1v) is 7.34. The van der Waals surface area contributed by atoms with Crippen LogP contribution < -0.4 is 4.90 Å². The first-order valence-electron chi connectivity index (χ1n) is 7.34. The highest BCUT2D eigenvalue weighted by Gasteiger charge is 2.32. The van der Waals surface area contributed by atoms with Crippen LogP contribution in [-0.4, -0.2) is 68.3 Å². The maximum absolute atomic E-state index is 12.2. The van der Waals surface area contributed by atoms with Gasteiger partial charge in [0.05, 0.1) is 43.7 Å². The molecule has 2 fully saturated rings. The van der Waals surface area contributed by atoms with Gasteiger partial charge in [0, 0.05) is 32.4 Å². The average molecular weight is 305 g/mol. The Morgan fingerprint density at radius 2 is 1.95 bits per heavy atom. The smallest absolute Gasteiger partial charge is 0.339 e. The molecule has 0 unspecified atom stereocenters. The van der Waals surface area contributed by atoms with Gasteiger partial charge in [-0.1, -0.05) is 0 Å². The maximum Gasteiger partial charge on any atom is 0.339 e. The Morgan fingerprint density at radius 1 is 1.23 bits per heavy atom. The number of ether oxygens (including phenoxy) is 2. The van der Waals surface area contributed by atoms with Gasteiger partial charge >= 0.3 is 5.97 Å². The molecule has 7 nitrogen and oxygen atoms in total. The Hall–Kier alpha value is -2.15. The van der Waals surface area contributed by atoms with Crippen molar-refractivity contribution in [3.63, 3.8) is 0 Å². The quantitative estimate of drug-likeness (QED) is 0.741. The zero-order chi connectivity index (χ0) is 15.5. The molecule has 0 bridgehead atoms. The molecular formula is C15H19N3O4. The summed E-state index contributed by atoms with van der Waals surface area (Å²) in [7, 11) is 1.35. The van der Waals surface area contributed by atoms with Gasteiger partial charge in [0.25, 0.3) is 0 Å². The normalized spacial score (nSPS) is 18.8. The lowest BCUT2D eigenvalue weighted by molar-refractivity contribution is -0.150. The van der Waals surface area contributed by atoms with Gasteiger partial charge in [-0.05, 0) is 6.07 Å². The third kappa shape index (κ3) is 2.89. The van der Waals surface area contributed by atoms with Crippen LogP contribution in [0.1, 0.15) is 10.4 Å². The summed E-state index contributed by atoms with van der Waals surface area (Å²) in [6, 6.07) is 1.77. The number of carbonyl (C=O) groups is 2. The van der Waals surface area contributed by atoms with Crippen LogP contribution in [0.25, 0.3) is 0 Å². The Kier molecular flexibility index (Phi) is 4.24. The van der Waals surface area contributed by atoms with Crippen LogP contribution >= 0.6 is 0 Å². The van der Waals surface area contributed by atoms with E-state index in [-0.39, 0.29) is 11.8 Å². The third-order valence-corrected chi connectivity index (χ3v) is 4.09. The summed E-state index contributed by atoms with van der Waals surface area (Å²) < 4.78 is 9.78. The van der Waals surface area contributed by atoms with E-state index >= 15 is 0 Å². The Morgan fingerprint density at radius 3 is 2.55 bits per heavy atom. The number of amides is 1. The summed E-state index contributed by atoms with van der Waals surface area (Å²) >= 11 is 0. The lowest BCUT2D eigenvalue weighted by Gasteiger charge is -2.39. The van der Waals surface area contributed by atoms with Crippen LogP contribution in [0, 0.1) is 5.92 Å². The van der Waals surface area contributed by atoms with Crippen LogP contribution in [0.2, 0.25) is 0 Å². The monoisotopic (exact) mass is 305 g/mol. The molecule has 3 heterocycles. The third-order valence-electron chi connectivity index (χ3n) is 4.09. The van der Waals surface area contributed by atoms with E-state index in [0.29, 0.717) is 31.9 Å². The number of carbonyl (C=O) groups excluding carboxylic acids is 2. The number of piperazine rings is 1. The molecule has 0 spiro atoms. The number of hydrogen-bond donors (Lipinski definition) is 0. The fourth-order valence-corrected chi connectivity index (χ4v) is 2.65. The predicted molar refractivity (Wildman–Crippen MR) is 78.7 cm³/mol. The van der Waals surface area contributed by atoms with Crippen molar-refractivity contribution in [2.75, 3.05) is 51.4 Å². The van der Waals surface area contributed by atoms with Gasteiger partial charge in [-0.25, -0.2) is 4.79 Å². The number of esters is 1. The summed E-state index contributed by atoms with van der Waals surface area (Å²) in [5.74, 6) is -0.170. The van der Waals surface area contributed by atoms with Gasteiger partial charge in [-0.3, -0.25) is 9.78 Å². The molecule has 1 aromatic heterocycles. The summed E-state index contributed by atoms with van der Waals surface area (Å²) in [5, 5.41) is 0. The van der Waals surface area contributed by atoms with Crippen LogP contribution in [0.5, 0.6) is 0 Å². The Labute approximate surface area is 128 Å². The van der Waals surface area contributed by atoms with E-state index in [0.717, 1.165) is 18.8 Å². The van der Waals surface area contributed by atoms with Crippen molar-refractivity contribution < 1.29 is 19.1 Å². The molecule has 0 atom stereocenters. The largest absolute Gasteiger partial charge is 0.465 e. The second-order valence-electron chi connectivity index (χ2n) is 5.47. The van der Waals surface area contributed by atoms with E-state index < -0.39 is 5.97 Å². The van der Waals surface area contributed by atoms with Gasteiger partial charge in [0.15, 0.2) is 0 Å². The molecule has 0 N–H and O–H groups in total. The van der Waals surface area contributed by atoms with E-state index in [4.69, 9.17) is 9.47 Å². The van der Waals surface area contributed by atoms with Crippen molar-refractivity contribution in [3.05, 3.63) is 24.0 Å². The minimum absolute atomic E-state index is 0.0378. The predicted octanol–water partition coefficient (Wildman–Crippen LogP) is 0.163. The maximum atomic E-state index is 12.2. The number of pyridine rings is 1. The van der Waals surface area contributed by atoms with Crippen LogP contribution in [0.4, 0.5) is 5.69 Å². The second-order valence-corrected chi connectivity index (χ2v) is 5.47. The van der Waals surface area contributed by atoms with Crippen LogP contribution in [-0.2, 0) is 14.3 Å². The topological polar surface area (TPSA) is 72.0 Å². The van der Waals surface area contributed by atoms with Gasteiger partial charge in [0.2, 0.25) is 5.91 Å². The van der Waals surface area contributed by atoms with Crippen molar-refractivity contribution in [3.8, 4) is 0 Å². The van der Waals surface area contributed by atoms with Gasteiger partial charge in [-0.2, -0.15) is 0 Å². The second kappa shape index (κ2) is 6.31. The van der Waals surface area contributed by atoms with Crippen molar-refractivity contribution >= 4 is 17.6 Å². The van der Waals surface area contributed by atoms with Crippen LogP contribution in [0.3, 0.4) is 0 Å². The Bertz CT molecular complexity index is 566. The van der Waals surface area contributed by atoms with E-state index in [1.165, 1.54) is 13.3 Å². The number of nitrogens with zero attached hydrogens (tertiary/aromatic N) is 3. The summed E-state index contributed by atoms with van der Waals surface area (Å²) in [6.45, 7) is 3.90. The van der Waals surface area contributed by atoms with E-state index in [1.54, 1.807) is 12.3 Å². The molecule has 2 saturated heterocycles. The molecule has 0 aromatic carbocycles. The molecule has 3 rings (SSSR count). The first kappa shape index (κ1) is 14.8. The van der Waals surface area contributed by atoms with Gasteiger partial charge < -0.3 is 19.3 Å². The highest BCUT2D eigenvalue weighted by molar-refractivity contribution is 5.90. The molecule has 2 aliphatic heterocycles. The first-order chi connectivity index (χ1) is 10.7. The minimum Gasteiger partial charge on any atom is -0.465 e. The van der Waals surface area contributed by atoms with Crippen molar-refractivity contribution in [1.82, 2.24) is 9.88 Å². The standard InChI is InChI=1S/C15H19N3O4/c1-21-15(20)11-6-13(8-16-7-11)17-2-4-18(5-3-17)14(19)12-9-22-10-12/h6-8,12H,2-5,9-10H2,1H3. The molecule has 1 aromatic rings. The zero-order valence-corrected chi connectivity index (χ0v) is 12.5. The fourth-order valence-electron chi connectivity index (χ4n) is 2.65. The minimum atomic E-state index is -0.395. The summed E-state index contributed by atoms with van der Waals surface area (Å²) in [4.78, 5) is 31.8. The molecule has 118 valence electrons. The highest BCUT2D eigenvalue weighted by Crippen LogP contribution is 2.19. The SMILES string of the molecule is COC(=O)c1cncc(N2CCN(C(=O)C3COC3)CC2)c1. The number of rotatable bonds is 3. The number of methoxy groups -OCH3 is 1. The van der Waals surface area contributed by atoms with E-state index in [1.807, 2.05) is 4.90 Å². The molecule has 2 aliphatic rings. The van der Waals surface area contributed by atoms with E-state index in [9.17, 15) is 9.59 Å². The van der Waals surface area contributed by atoms with Crippen molar-refractivity contribution in [1.29, 1.82) is 0 Å². The zero-order valence-electron chi connectivity index (χ0n) is 12.5. The molecule has 7 heteroatoms. The fraction of sp³-hybridized carbons (Fsp3) is 0.533. The van der Waals surface area contributed by atoms with E-state index in [2.05, 4.69) is 9.88 Å². The summed E-state index contributed by atoms with van der Waals surface area (Å²) in [6.07, 6.45) is 3.22. The molecule has 0 radical (unpaired) electrons. The highest BCUT2D eigenvalue weighted by atomic mass is 16.5. The molecule has 1 amide bonds. The number of aromatic nitrogens is 1. The molecule has 22 heavy (non-hydrogen) atoms. The van der Waals surface area contributed by atoms with Gasteiger partial charge in [-0.15, -0.1) is 0 Å². The summed E-state index contributed by atoms with van der Waals surface area (Å²) in [5.41, 5.74) is 1.31.